The molecule has 0 aromatic heterocycles. The molecule has 1 aliphatic rings. The minimum atomic E-state index is -2.63. The van der Waals surface area contributed by atoms with Gasteiger partial charge in [-0.2, -0.15) is 0 Å². The summed E-state index contributed by atoms with van der Waals surface area (Å²) in [5.74, 6) is 0. The van der Waals surface area contributed by atoms with Gasteiger partial charge < -0.3 is 29.3 Å². The number of carbonyl (C=O) groups excluding carboxylic acids is 1. The van der Waals surface area contributed by atoms with Crippen molar-refractivity contribution in [1.29, 1.82) is 0 Å². The molecule has 16 heavy (non-hydrogen) atoms. The van der Waals surface area contributed by atoms with E-state index in [2.05, 4.69) is 6.30 Å². The van der Waals surface area contributed by atoms with E-state index in [1.807, 2.05) is 0 Å². The number of likely N-dealkylation sites (tertiary alicyclic amines) is 1. The number of aliphatic hydroxyl groups excluding tert-OH is 1. The summed E-state index contributed by atoms with van der Waals surface area (Å²) in [7, 11) is -2.63. The van der Waals surface area contributed by atoms with Crippen molar-refractivity contribution in [3.05, 3.63) is 0 Å². The third-order valence-electron chi connectivity index (χ3n) is 2.20. The second-order valence-corrected chi connectivity index (χ2v) is 6.08. The van der Waals surface area contributed by atoms with Crippen molar-refractivity contribution in [2.45, 2.75) is 18.6 Å². The molecule has 0 aliphatic carbocycles. The molecule has 1 saturated heterocycles. The van der Waals surface area contributed by atoms with Crippen LogP contribution in [0.15, 0.2) is 0 Å². The molecule has 8 heteroatoms. The number of hydrogen-bond donors (Lipinski definition) is 2. The van der Waals surface area contributed by atoms with Crippen LogP contribution in [0.5, 0.6) is 0 Å². The summed E-state index contributed by atoms with van der Waals surface area (Å²) in [4.78, 5) is 21.1. The average Bonchev–Trinajstić information content (AvgIpc) is 2.44. The van der Waals surface area contributed by atoms with Crippen LogP contribution in [0, 0.1) is 0 Å². The average molecular weight is 243 g/mol. The van der Waals surface area contributed by atoms with Crippen molar-refractivity contribution >= 4 is 19.7 Å². The molecule has 1 heterocycles. The van der Waals surface area contributed by atoms with E-state index in [1.54, 1.807) is 0 Å². The molecule has 88 valence electrons. The zero-order valence-electron chi connectivity index (χ0n) is 9.50. The van der Waals surface area contributed by atoms with Gasteiger partial charge in [-0.25, -0.2) is 0 Å². The fraction of sp³-hybridized carbons (Fsp3) is 0.750. The number of rotatable bonds is 3. The van der Waals surface area contributed by atoms with Gasteiger partial charge in [0.1, 0.15) is 13.4 Å². The first kappa shape index (κ1) is 16.0. The van der Waals surface area contributed by atoms with Gasteiger partial charge in [-0.3, -0.25) is 0 Å². The predicted molar refractivity (Wildman–Crippen MR) is 54.6 cm³/mol. The maximum atomic E-state index is 10.7. The summed E-state index contributed by atoms with van der Waals surface area (Å²) < 4.78 is 5.22. The van der Waals surface area contributed by atoms with Gasteiger partial charge >= 0.3 is 18.9 Å². The van der Waals surface area contributed by atoms with Gasteiger partial charge in [-0.1, -0.05) is 6.30 Å². The first-order valence-electron chi connectivity index (χ1n) is 4.54. The Hall–Kier alpha value is 0.0474. The van der Waals surface area contributed by atoms with E-state index < -0.39 is 25.6 Å². The standard InChI is InChI=1S/C8H16NO5P.Li/c1-15(2,13)14-7-3-6(5-10)9(4-7)8(11)12;/h6-7,10,13H,1,3-5H2,2H3,(H,11,12);/q;+1/p-1. The Morgan fingerprint density at radius 1 is 1.75 bits per heavy atom. The Labute approximate surface area is 107 Å². The van der Waals surface area contributed by atoms with Crippen LogP contribution in [-0.2, 0) is 4.52 Å². The Morgan fingerprint density at radius 2 is 2.31 bits per heavy atom. The van der Waals surface area contributed by atoms with Crippen molar-refractivity contribution in [3.8, 4) is 0 Å². The van der Waals surface area contributed by atoms with E-state index in [4.69, 9.17) is 9.63 Å². The minimum absolute atomic E-state index is 0. The van der Waals surface area contributed by atoms with E-state index >= 15 is 0 Å². The van der Waals surface area contributed by atoms with E-state index in [0.29, 0.717) is 6.42 Å². The van der Waals surface area contributed by atoms with Crippen LogP contribution >= 0.6 is 7.34 Å². The van der Waals surface area contributed by atoms with Crippen molar-refractivity contribution in [1.82, 2.24) is 4.90 Å². The molecular weight excluding hydrogens is 228 g/mol. The predicted octanol–water partition coefficient (Wildman–Crippen LogP) is -4.31. The number of carboxylic acid groups (broad SMARTS) is 1. The second-order valence-electron chi connectivity index (χ2n) is 3.77. The molecule has 3 unspecified atom stereocenters. The van der Waals surface area contributed by atoms with Crippen molar-refractivity contribution in [2.75, 3.05) is 19.8 Å². The molecule has 0 saturated carbocycles. The summed E-state index contributed by atoms with van der Waals surface area (Å²) in [6.07, 6.45) is 2.07. The van der Waals surface area contributed by atoms with E-state index in [9.17, 15) is 14.8 Å². The van der Waals surface area contributed by atoms with Crippen LogP contribution in [-0.4, -0.2) is 59.3 Å². The van der Waals surface area contributed by atoms with Gasteiger partial charge in [-0.15, -0.1) is 0 Å². The molecule has 6 nitrogen and oxygen atoms in total. The zero-order valence-corrected chi connectivity index (χ0v) is 10.4. The van der Waals surface area contributed by atoms with Crippen LogP contribution in [0.4, 0.5) is 4.79 Å². The van der Waals surface area contributed by atoms with Crippen molar-refractivity contribution in [2.24, 2.45) is 0 Å². The molecule has 0 aromatic carbocycles. The molecular formula is C8H15LiNO5P. The van der Waals surface area contributed by atoms with E-state index in [-0.39, 0.29) is 32.0 Å². The summed E-state index contributed by atoms with van der Waals surface area (Å²) in [5.41, 5.74) is 0. The van der Waals surface area contributed by atoms with Gasteiger partial charge in [-0.05, 0) is 6.42 Å². The second kappa shape index (κ2) is 6.11. The SMILES string of the molecule is C=P(C)(O)OC1CC(CO)N(C(=O)[O-])C1.[Li+]. The molecule has 1 amide bonds. The summed E-state index contributed by atoms with van der Waals surface area (Å²) >= 11 is 0. The van der Waals surface area contributed by atoms with Gasteiger partial charge in [0, 0.05) is 13.2 Å². The number of aliphatic hydroxyl groups is 1. The summed E-state index contributed by atoms with van der Waals surface area (Å²) in [6.45, 7) is 1.31. The fourth-order valence-electron chi connectivity index (χ4n) is 1.67. The Kier molecular flexibility index (Phi) is 6.13. The number of carbonyl (C=O) groups is 1. The van der Waals surface area contributed by atoms with Crippen molar-refractivity contribution in [3.63, 3.8) is 0 Å². The Morgan fingerprint density at radius 3 is 2.62 bits per heavy atom. The molecule has 2 N–H and O–H groups in total. The molecule has 0 bridgehead atoms. The quantitative estimate of drug-likeness (QED) is 0.386. The fourth-order valence-corrected chi connectivity index (χ4v) is 2.46. The molecule has 0 spiro atoms. The first-order valence-corrected chi connectivity index (χ1v) is 6.83. The first-order chi connectivity index (χ1) is 6.83. The van der Waals surface area contributed by atoms with Crippen LogP contribution in [0.25, 0.3) is 0 Å². The molecule has 0 aromatic rings. The summed E-state index contributed by atoms with van der Waals surface area (Å²) in [5, 5.41) is 19.6. The van der Waals surface area contributed by atoms with Crippen LogP contribution in [0.2, 0.25) is 0 Å². The van der Waals surface area contributed by atoms with Gasteiger partial charge in [0.2, 0.25) is 0 Å². The maximum Gasteiger partial charge on any atom is 1.00 e. The molecule has 0 radical (unpaired) electrons. The molecule has 3 atom stereocenters. The maximum absolute atomic E-state index is 10.7. The molecule has 1 fully saturated rings. The normalized spacial score (nSPS) is 28.3. The third-order valence-corrected chi connectivity index (χ3v) is 2.95. The third kappa shape index (κ3) is 4.50. The smallest absolute Gasteiger partial charge is 0.530 e. The van der Waals surface area contributed by atoms with Gasteiger partial charge in [0.15, 0.2) is 0 Å². The number of nitrogens with zero attached hydrogens (tertiary/aromatic N) is 1. The number of hydrogen-bond acceptors (Lipinski definition) is 5. The van der Waals surface area contributed by atoms with Crippen LogP contribution < -0.4 is 24.0 Å². The Balaban J connectivity index is 0.00000225. The summed E-state index contributed by atoms with van der Waals surface area (Å²) in [6, 6.07) is -0.508. The molecule has 1 rings (SSSR count). The zero-order chi connectivity index (χ0) is 11.6. The van der Waals surface area contributed by atoms with Crippen molar-refractivity contribution < 1.29 is 43.3 Å². The largest absolute Gasteiger partial charge is 1.00 e. The Bertz CT molecular complexity index is 294. The molecule has 1 aliphatic heterocycles. The van der Waals surface area contributed by atoms with Crippen LogP contribution in [0.3, 0.4) is 0 Å². The monoisotopic (exact) mass is 243 g/mol. The van der Waals surface area contributed by atoms with Gasteiger partial charge in [0.25, 0.3) is 0 Å². The minimum Gasteiger partial charge on any atom is -0.530 e. The van der Waals surface area contributed by atoms with E-state index in [0.717, 1.165) is 4.90 Å². The van der Waals surface area contributed by atoms with Crippen LogP contribution in [0.1, 0.15) is 6.42 Å². The topological polar surface area (TPSA) is 93.1 Å². The number of amides is 1. The van der Waals surface area contributed by atoms with Gasteiger partial charge in [0.05, 0.1) is 18.8 Å². The van der Waals surface area contributed by atoms with E-state index in [1.165, 1.54) is 6.66 Å².